The zero-order chi connectivity index (χ0) is 8.41. The molecule has 0 bridgehead atoms. The van der Waals surface area contributed by atoms with Crippen molar-refractivity contribution < 1.29 is 14.4 Å². The summed E-state index contributed by atoms with van der Waals surface area (Å²) in [6, 6.07) is 0. The molecule has 0 aliphatic heterocycles. The maximum atomic E-state index is 10.4. The molecule has 0 amide bonds. The number of hydrogen-bond acceptors (Lipinski definition) is 2. The lowest BCUT2D eigenvalue weighted by Gasteiger charge is -2.22. The highest BCUT2D eigenvalue weighted by molar-refractivity contribution is 7.51. The molecular weight excluding hydrogens is 153 g/mol. The van der Waals surface area contributed by atoms with Gasteiger partial charge in [-0.1, -0.05) is 6.92 Å². The zero-order valence-electron chi connectivity index (χ0n) is 6.24. The summed E-state index contributed by atoms with van der Waals surface area (Å²) in [6.45, 7) is 3.43. The SMILES string of the molecule is CCC(C)(N)CP(=O)(O)O. The molecule has 0 aromatic rings. The standard InChI is InChI=1S/C5H14NO3P/c1-3-5(2,6)4-10(7,8)9/h3-4,6H2,1-2H3,(H2,7,8,9). The minimum Gasteiger partial charge on any atom is -0.325 e. The van der Waals surface area contributed by atoms with E-state index in [9.17, 15) is 4.57 Å². The predicted octanol–water partition coefficient (Wildman–Crippen LogP) is 0.292. The summed E-state index contributed by atoms with van der Waals surface area (Å²) < 4.78 is 10.4. The molecule has 0 fully saturated rings. The largest absolute Gasteiger partial charge is 0.327 e. The summed E-state index contributed by atoms with van der Waals surface area (Å²) >= 11 is 0. The molecule has 0 aromatic heterocycles. The van der Waals surface area contributed by atoms with E-state index < -0.39 is 13.1 Å². The van der Waals surface area contributed by atoms with Crippen LogP contribution in [-0.4, -0.2) is 21.5 Å². The first-order valence-corrected chi connectivity index (χ1v) is 4.90. The van der Waals surface area contributed by atoms with E-state index in [1.54, 1.807) is 13.8 Å². The molecule has 4 nitrogen and oxygen atoms in total. The summed E-state index contributed by atoms with van der Waals surface area (Å²) in [4.78, 5) is 17.0. The maximum absolute atomic E-state index is 10.4. The van der Waals surface area contributed by atoms with E-state index >= 15 is 0 Å². The molecule has 0 rings (SSSR count). The molecule has 4 N–H and O–H groups in total. The van der Waals surface area contributed by atoms with Crippen molar-refractivity contribution in [3.63, 3.8) is 0 Å². The fourth-order valence-corrected chi connectivity index (χ4v) is 1.75. The second-order valence-electron chi connectivity index (χ2n) is 2.83. The Morgan fingerprint density at radius 3 is 2.10 bits per heavy atom. The van der Waals surface area contributed by atoms with Crippen LogP contribution in [-0.2, 0) is 4.57 Å². The van der Waals surface area contributed by atoms with Crippen LogP contribution in [0.25, 0.3) is 0 Å². The Morgan fingerprint density at radius 2 is 2.00 bits per heavy atom. The van der Waals surface area contributed by atoms with Crippen LogP contribution in [0.15, 0.2) is 0 Å². The average Bonchev–Trinajstić information content (AvgIpc) is 1.60. The van der Waals surface area contributed by atoms with Crippen LogP contribution in [0.5, 0.6) is 0 Å². The monoisotopic (exact) mass is 167 g/mol. The summed E-state index contributed by atoms with van der Waals surface area (Å²) in [5.74, 6) is 0. The third kappa shape index (κ3) is 4.94. The molecule has 1 unspecified atom stereocenters. The number of rotatable bonds is 3. The van der Waals surface area contributed by atoms with Crippen molar-refractivity contribution in [3.8, 4) is 0 Å². The molecule has 0 aromatic carbocycles. The van der Waals surface area contributed by atoms with Crippen LogP contribution in [0.3, 0.4) is 0 Å². The average molecular weight is 167 g/mol. The highest BCUT2D eigenvalue weighted by Gasteiger charge is 2.26. The van der Waals surface area contributed by atoms with Gasteiger partial charge in [-0.15, -0.1) is 0 Å². The van der Waals surface area contributed by atoms with Crippen molar-refractivity contribution in [1.82, 2.24) is 0 Å². The molecule has 0 aliphatic rings. The molecule has 0 heterocycles. The Bertz CT molecular complexity index is 151. The van der Waals surface area contributed by atoms with Crippen molar-refractivity contribution in [2.45, 2.75) is 25.8 Å². The van der Waals surface area contributed by atoms with Crippen molar-refractivity contribution in [2.75, 3.05) is 6.16 Å². The lowest BCUT2D eigenvalue weighted by Crippen LogP contribution is -2.39. The van der Waals surface area contributed by atoms with Gasteiger partial charge in [0.1, 0.15) is 0 Å². The lowest BCUT2D eigenvalue weighted by molar-refractivity contribution is 0.352. The minimum absolute atomic E-state index is 0.240. The van der Waals surface area contributed by atoms with Crippen LogP contribution in [0.1, 0.15) is 20.3 Å². The van der Waals surface area contributed by atoms with Crippen molar-refractivity contribution in [2.24, 2.45) is 5.73 Å². The van der Waals surface area contributed by atoms with Crippen molar-refractivity contribution in [1.29, 1.82) is 0 Å². The van der Waals surface area contributed by atoms with Gasteiger partial charge in [0.05, 0.1) is 6.16 Å². The Balaban J connectivity index is 4.02. The Hall–Kier alpha value is 0.110. The maximum Gasteiger partial charge on any atom is 0.327 e. The van der Waals surface area contributed by atoms with Gasteiger partial charge in [-0.3, -0.25) is 4.57 Å². The van der Waals surface area contributed by atoms with Gasteiger partial charge in [0.2, 0.25) is 0 Å². The van der Waals surface area contributed by atoms with Crippen molar-refractivity contribution in [3.05, 3.63) is 0 Å². The van der Waals surface area contributed by atoms with E-state index in [1.165, 1.54) is 0 Å². The molecule has 0 saturated heterocycles. The highest BCUT2D eigenvalue weighted by Crippen LogP contribution is 2.38. The summed E-state index contributed by atoms with van der Waals surface area (Å²) in [5.41, 5.74) is 4.77. The topological polar surface area (TPSA) is 83.6 Å². The van der Waals surface area contributed by atoms with Gasteiger partial charge in [0.25, 0.3) is 0 Å². The van der Waals surface area contributed by atoms with Crippen LogP contribution in [0, 0.1) is 0 Å². The van der Waals surface area contributed by atoms with Crippen LogP contribution >= 0.6 is 7.60 Å². The van der Waals surface area contributed by atoms with Crippen LogP contribution in [0.2, 0.25) is 0 Å². The Morgan fingerprint density at radius 1 is 1.60 bits per heavy atom. The van der Waals surface area contributed by atoms with Crippen LogP contribution in [0.4, 0.5) is 0 Å². The Labute approximate surface area is 60.6 Å². The molecule has 62 valence electrons. The van der Waals surface area contributed by atoms with Crippen LogP contribution < -0.4 is 5.73 Å². The smallest absolute Gasteiger partial charge is 0.325 e. The fourth-order valence-electron chi connectivity index (χ4n) is 0.582. The van der Waals surface area contributed by atoms with Gasteiger partial charge in [0.15, 0.2) is 0 Å². The van der Waals surface area contributed by atoms with Crippen molar-refractivity contribution >= 4 is 7.60 Å². The minimum atomic E-state index is -3.93. The molecule has 0 aliphatic carbocycles. The van der Waals surface area contributed by atoms with E-state index in [0.29, 0.717) is 6.42 Å². The van der Waals surface area contributed by atoms with E-state index in [0.717, 1.165) is 0 Å². The summed E-state index contributed by atoms with van der Waals surface area (Å²) in [6.07, 6.45) is 0.328. The molecule has 0 spiro atoms. The van der Waals surface area contributed by atoms with Gasteiger partial charge in [-0.25, -0.2) is 0 Å². The summed E-state index contributed by atoms with van der Waals surface area (Å²) in [7, 11) is -3.93. The first kappa shape index (κ1) is 10.1. The van der Waals surface area contributed by atoms with Gasteiger partial charge in [-0.2, -0.15) is 0 Å². The Kier molecular flexibility index (Phi) is 3.04. The van der Waals surface area contributed by atoms with E-state index in [1.807, 2.05) is 0 Å². The quantitative estimate of drug-likeness (QED) is 0.527. The van der Waals surface area contributed by atoms with E-state index in [4.69, 9.17) is 15.5 Å². The van der Waals surface area contributed by atoms with E-state index in [-0.39, 0.29) is 6.16 Å². The number of nitrogens with two attached hydrogens (primary N) is 1. The normalized spacial score (nSPS) is 18.5. The third-order valence-electron chi connectivity index (χ3n) is 1.37. The molecule has 5 heteroatoms. The first-order valence-electron chi connectivity index (χ1n) is 3.10. The molecule has 0 radical (unpaired) electrons. The second-order valence-corrected chi connectivity index (χ2v) is 4.48. The van der Waals surface area contributed by atoms with Gasteiger partial charge >= 0.3 is 7.60 Å². The molecular formula is C5H14NO3P. The first-order chi connectivity index (χ1) is 4.27. The summed E-state index contributed by atoms with van der Waals surface area (Å²) in [5, 5.41) is 0. The van der Waals surface area contributed by atoms with Gasteiger partial charge in [-0.05, 0) is 13.3 Å². The molecule has 10 heavy (non-hydrogen) atoms. The zero-order valence-corrected chi connectivity index (χ0v) is 7.14. The fraction of sp³-hybridized carbons (Fsp3) is 1.00. The van der Waals surface area contributed by atoms with Gasteiger partial charge in [0, 0.05) is 5.54 Å². The molecule has 0 saturated carbocycles. The van der Waals surface area contributed by atoms with Gasteiger partial charge < -0.3 is 15.5 Å². The predicted molar refractivity (Wildman–Crippen MR) is 39.8 cm³/mol. The third-order valence-corrected chi connectivity index (χ3v) is 2.51. The highest BCUT2D eigenvalue weighted by atomic mass is 31.2. The second kappa shape index (κ2) is 3.01. The van der Waals surface area contributed by atoms with E-state index in [2.05, 4.69) is 0 Å². The molecule has 1 atom stereocenters. The number of hydrogen-bond donors (Lipinski definition) is 3. The lowest BCUT2D eigenvalue weighted by atomic mass is 10.0.